The van der Waals surface area contributed by atoms with Crippen LogP contribution in [0.1, 0.15) is 11.1 Å². The molecule has 0 spiro atoms. The number of hydrogen-bond acceptors (Lipinski definition) is 3. The smallest absolute Gasteiger partial charge is 0.185 e. The number of benzene rings is 1. The molecule has 0 radical (unpaired) electrons. The van der Waals surface area contributed by atoms with Crippen LogP contribution < -0.4 is 0 Å². The maximum atomic E-state index is 5.77. The second kappa shape index (κ2) is 2.86. The van der Waals surface area contributed by atoms with E-state index in [-0.39, 0.29) is 9.87 Å². The van der Waals surface area contributed by atoms with E-state index in [1.807, 2.05) is 0 Å². The summed E-state index contributed by atoms with van der Waals surface area (Å²) in [6.07, 6.45) is 4.29. The zero-order valence-electron chi connectivity index (χ0n) is 9.69. The molecule has 0 bridgehead atoms. The first kappa shape index (κ1) is 9.95. The summed E-state index contributed by atoms with van der Waals surface area (Å²) in [5, 5.41) is 0. The van der Waals surface area contributed by atoms with Crippen LogP contribution in [0, 0.1) is 0 Å². The van der Waals surface area contributed by atoms with Gasteiger partial charge in [0.05, 0.1) is 0 Å². The lowest BCUT2D eigenvalue weighted by molar-refractivity contribution is 0.0194. The van der Waals surface area contributed by atoms with Gasteiger partial charge in [0.2, 0.25) is 0 Å². The third-order valence-corrected chi connectivity index (χ3v) is 5.51. The molecule has 2 aliphatic carbocycles. The quantitative estimate of drug-likeness (QED) is 0.745. The monoisotopic (exact) mass is 244 g/mol. The van der Waals surface area contributed by atoms with Crippen molar-refractivity contribution in [2.45, 2.75) is 9.87 Å². The van der Waals surface area contributed by atoms with Crippen LogP contribution in [0.2, 0.25) is 0 Å². The largest absolute Gasteiger partial charge is 0.359 e. The van der Waals surface area contributed by atoms with E-state index in [0.717, 1.165) is 0 Å². The molecule has 0 amide bonds. The third kappa shape index (κ3) is 0.898. The van der Waals surface area contributed by atoms with Gasteiger partial charge in [-0.3, -0.25) is 0 Å². The Morgan fingerprint density at radius 3 is 2.53 bits per heavy atom. The molecule has 1 aromatic rings. The highest BCUT2D eigenvalue weighted by Gasteiger charge is 2.75. The van der Waals surface area contributed by atoms with E-state index in [4.69, 9.17) is 9.47 Å². The van der Waals surface area contributed by atoms with Crippen molar-refractivity contribution < 1.29 is 9.47 Å². The van der Waals surface area contributed by atoms with Crippen molar-refractivity contribution in [1.29, 1.82) is 0 Å². The minimum Gasteiger partial charge on any atom is -0.359 e. The van der Waals surface area contributed by atoms with Crippen LogP contribution >= 0.6 is 11.8 Å². The Bertz CT molecular complexity index is 590. The first-order valence-corrected chi connectivity index (χ1v) is 6.44. The predicted molar refractivity (Wildman–Crippen MR) is 69.5 cm³/mol. The molecule has 17 heavy (non-hydrogen) atoms. The van der Waals surface area contributed by atoms with Gasteiger partial charge < -0.3 is 9.47 Å². The van der Waals surface area contributed by atoms with Crippen molar-refractivity contribution in [3.63, 3.8) is 0 Å². The van der Waals surface area contributed by atoms with Gasteiger partial charge in [0.1, 0.15) is 0 Å². The van der Waals surface area contributed by atoms with Gasteiger partial charge in [-0.25, -0.2) is 0 Å². The van der Waals surface area contributed by atoms with Crippen LogP contribution in [0.3, 0.4) is 0 Å². The van der Waals surface area contributed by atoms with E-state index in [9.17, 15) is 0 Å². The van der Waals surface area contributed by atoms with Gasteiger partial charge in [0.25, 0.3) is 0 Å². The van der Waals surface area contributed by atoms with Gasteiger partial charge in [0, 0.05) is 19.8 Å². The van der Waals surface area contributed by atoms with E-state index >= 15 is 0 Å². The highest BCUT2D eigenvalue weighted by molar-refractivity contribution is 8.10. The lowest BCUT2D eigenvalue weighted by Gasteiger charge is -2.35. The Balaban J connectivity index is 1.91. The van der Waals surface area contributed by atoms with Crippen LogP contribution in [0.4, 0.5) is 0 Å². The first-order valence-electron chi connectivity index (χ1n) is 5.62. The van der Waals surface area contributed by atoms with Crippen molar-refractivity contribution in [3.05, 3.63) is 47.5 Å². The van der Waals surface area contributed by atoms with Gasteiger partial charge in [0.15, 0.2) is 9.87 Å². The predicted octanol–water partition coefficient (Wildman–Crippen LogP) is 2.91. The highest BCUT2D eigenvalue weighted by Crippen LogP contribution is 2.75. The molecule has 2 nitrogen and oxygen atoms in total. The van der Waals surface area contributed by atoms with E-state index in [1.54, 1.807) is 26.0 Å². The van der Waals surface area contributed by atoms with Crippen LogP contribution in [0.5, 0.6) is 0 Å². The Hall–Kier alpha value is -1.03. The highest BCUT2D eigenvalue weighted by atomic mass is 32.2. The molecule has 2 unspecified atom stereocenters. The van der Waals surface area contributed by atoms with Crippen molar-refractivity contribution in [2.75, 3.05) is 14.2 Å². The average Bonchev–Trinajstić information content (AvgIpc) is 3.03. The molecule has 2 atom stereocenters. The molecule has 1 aliphatic heterocycles. The molecule has 0 saturated carbocycles. The van der Waals surface area contributed by atoms with Gasteiger partial charge in [-0.2, -0.15) is 0 Å². The minimum absolute atomic E-state index is 0.311. The fourth-order valence-electron chi connectivity index (χ4n) is 2.96. The molecule has 1 aromatic carbocycles. The zero-order valence-corrected chi connectivity index (χ0v) is 10.5. The molecule has 1 saturated heterocycles. The van der Waals surface area contributed by atoms with E-state index in [1.165, 1.54) is 22.3 Å². The summed E-state index contributed by atoms with van der Waals surface area (Å²) in [7, 11) is 3.51. The van der Waals surface area contributed by atoms with Gasteiger partial charge in [-0.05, 0) is 22.8 Å². The summed E-state index contributed by atoms with van der Waals surface area (Å²) in [5.41, 5.74) is 5.23. The summed E-state index contributed by atoms with van der Waals surface area (Å²) < 4.78 is 11.4. The SMILES string of the molecule is COC12C=CC3=C(c4ccccc43)C1(OC)S2. The van der Waals surface area contributed by atoms with Gasteiger partial charge in [-0.1, -0.05) is 42.1 Å². The van der Waals surface area contributed by atoms with E-state index < -0.39 is 0 Å². The van der Waals surface area contributed by atoms with Gasteiger partial charge >= 0.3 is 0 Å². The standard InChI is InChI=1S/C14H12O2S/c1-15-13-8-7-11-9-5-3-4-6-10(9)12(11)14(13,16-2)17-13/h3-8H,1-2H3. The molecule has 0 N–H and O–H groups in total. The van der Waals surface area contributed by atoms with E-state index in [0.29, 0.717) is 0 Å². The number of allylic oxidation sites excluding steroid dienone is 2. The number of ether oxygens (including phenoxy) is 2. The Kier molecular flexibility index (Phi) is 1.67. The number of fused-ring (bicyclic) bond motifs is 5. The fraction of sp³-hybridized carbons (Fsp3) is 0.286. The molecule has 4 rings (SSSR count). The fourth-order valence-corrected chi connectivity index (χ4v) is 4.30. The average molecular weight is 244 g/mol. The van der Waals surface area contributed by atoms with Crippen LogP contribution in [-0.2, 0) is 9.47 Å². The lowest BCUT2D eigenvalue weighted by Crippen LogP contribution is -2.35. The number of rotatable bonds is 2. The maximum absolute atomic E-state index is 5.77. The summed E-state index contributed by atoms with van der Waals surface area (Å²) >= 11 is 1.73. The van der Waals surface area contributed by atoms with Crippen molar-refractivity contribution >= 4 is 22.9 Å². The first-order chi connectivity index (χ1) is 8.28. The van der Waals surface area contributed by atoms with Gasteiger partial charge in [-0.15, -0.1) is 0 Å². The third-order valence-electron chi connectivity index (χ3n) is 3.86. The zero-order chi connectivity index (χ0) is 11.7. The summed E-state index contributed by atoms with van der Waals surface area (Å²) in [5.74, 6) is 0. The molecule has 86 valence electrons. The van der Waals surface area contributed by atoms with Crippen molar-refractivity contribution in [3.8, 4) is 0 Å². The number of methoxy groups -OCH3 is 2. The van der Waals surface area contributed by atoms with Crippen LogP contribution in [0.25, 0.3) is 11.1 Å². The number of hydrogen-bond donors (Lipinski definition) is 0. The minimum atomic E-state index is -0.319. The molecule has 1 heterocycles. The van der Waals surface area contributed by atoms with Crippen molar-refractivity contribution in [2.24, 2.45) is 0 Å². The van der Waals surface area contributed by atoms with E-state index in [2.05, 4.69) is 36.4 Å². The van der Waals surface area contributed by atoms with Crippen LogP contribution in [0.15, 0.2) is 36.4 Å². The topological polar surface area (TPSA) is 18.5 Å². The summed E-state index contributed by atoms with van der Waals surface area (Å²) in [6.45, 7) is 0. The molecule has 1 fully saturated rings. The second-order valence-corrected chi connectivity index (χ2v) is 5.85. The number of thioether (sulfide) groups is 1. The second-order valence-electron chi connectivity index (χ2n) is 4.46. The summed E-state index contributed by atoms with van der Waals surface area (Å²) in [4.78, 5) is -0.631. The maximum Gasteiger partial charge on any atom is 0.185 e. The Morgan fingerprint density at radius 2 is 1.82 bits per heavy atom. The Morgan fingerprint density at radius 1 is 1.06 bits per heavy atom. The molecule has 3 heteroatoms. The van der Waals surface area contributed by atoms with Crippen molar-refractivity contribution in [1.82, 2.24) is 0 Å². The molecular formula is C14H12O2S. The molecule has 0 aromatic heterocycles. The summed E-state index contributed by atoms with van der Waals surface area (Å²) in [6, 6.07) is 8.47. The lowest BCUT2D eigenvalue weighted by atomic mass is 9.74. The normalized spacial score (nSPS) is 35.9. The molecule has 3 aliphatic rings. The molecular weight excluding hydrogens is 232 g/mol. The Labute approximate surface area is 104 Å². The van der Waals surface area contributed by atoms with Crippen LogP contribution in [-0.4, -0.2) is 24.1 Å².